The summed E-state index contributed by atoms with van der Waals surface area (Å²) in [5.41, 5.74) is 5.74. The van der Waals surface area contributed by atoms with E-state index in [0.717, 1.165) is 32.7 Å². The number of hydrogen-bond donors (Lipinski definition) is 1. The summed E-state index contributed by atoms with van der Waals surface area (Å²) in [6, 6.07) is -0.517. The van der Waals surface area contributed by atoms with Gasteiger partial charge >= 0.3 is 5.97 Å². The first-order valence-corrected chi connectivity index (χ1v) is 6.31. The van der Waals surface area contributed by atoms with Crippen molar-refractivity contribution >= 4 is 5.97 Å². The van der Waals surface area contributed by atoms with Gasteiger partial charge in [-0.2, -0.15) is 0 Å². The predicted molar refractivity (Wildman–Crippen MR) is 67.7 cm³/mol. The van der Waals surface area contributed by atoms with Gasteiger partial charge in [-0.1, -0.05) is 13.8 Å². The molecule has 0 bridgehead atoms. The summed E-state index contributed by atoms with van der Waals surface area (Å²) in [4.78, 5) is 15.9. The third-order valence-corrected chi connectivity index (χ3v) is 3.05. The summed E-state index contributed by atoms with van der Waals surface area (Å²) in [5, 5.41) is 0. The molecule has 1 saturated heterocycles. The second kappa shape index (κ2) is 6.93. The molecule has 0 radical (unpaired) electrons. The second-order valence-corrected chi connectivity index (χ2v) is 5.12. The largest absolute Gasteiger partial charge is 0.468 e. The van der Waals surface area contributed by atoms with Gasteiger partial charge in [0.05, 0.1) is 7.11 Å². The smallest absolute Gasteiger partial charge is 0.323 e. The average molecular weight is 243 g/mol. The van der Waals surface area contributed by atoms with E-state index in [4.69, 9.17) is 5.73 Å². The van der Waals surface area contributed by atoms with Crippen LogP contribution in [0, 0.1) is 5.92 Å². The van der Waals surface area contributed by atoms with E-state index in [2.05, 4.69) is 28.4 Å². The number of ether oxygens (including phenoxy) is 1. The topological polar surface area (TPSA) is 58.8 Å². The van der Waals surface area contributed by atoms with Crippen LogP contribution in [0.15, 0.2) is 0 Å². The summed E-state index contributed by atoms with van der Waals surface area (Å²) >= 11 is 0. The van der Waals surface area contributed by atoms with Crippen LogP contribution < -0.4 is 5.73 Å². The summed E-state index contributed by atoms with van der Waals surface area (Å²) in [5.74, 6) is 0.383. The van der Waals surface area contributed by atoms with Crippen LogP contribution in [0.3, 0.4) is 0 Å². The standard InChI is InChI=1S/C12H25N3O2/c1-10(2)8-14-4-6-15(7-5-14)9-11(13)12(16)17-3/h10-11H,4-9,13H2,1-3H3. The number of carbonyl (C=O) groups is 1. The van der Waals surface area contributed by atoms with Crippen LogP contribution in [-0.4, -0.2) is 68.2 Å². The summed E-state index contributed by atoms with van der Waals surface area (Å²) < 4.78 is 4.63. The maximum Gasteiger partial charge on any atom is 0.323 e. The molecule has 0 aromatic carbocycles. The zero-order chi connectivity index (χ0) is 12.8. The van der Waals surface area contributed by atoms with E-state index in [9.17, 15) is 4.79 Å². The van der Waals surface area contributed by atoms with Crippen LogP contribution in [0.2, 0.25) is 0 Å². The number of hydrogen-bond acceptors (Lipinski definition) is 5. The van der Waals surface area contributed by atoms with Crippen molar-refractivity contribution in [3.8, 4) is 0 Å². The Morgan fingerprint density at radius 1 is 1.18 bits per heavy atom. The Morgan fingerprint density at radius 2 is 1.65 bits per heavy atom. The lowest BCUT2D eigenvalue weighted by atomic mass is 10.2. The van der Waals surface area contributed by atoms with Gasteiger partial charge in [-0.3, -0.25) is 9.69 Å². The number of piperazine rings is 1. The Kier molecular flexibility index (Phi) is 5.88. The Morgan fingerprint density at radius 3 is 2.06 bits per heavy atom. The molecule has 0 amide bonds. The highest BCUT2D eigenvalue weighted by Gasteiger charge is 2.22. The van der Waals surface area contributed by atoms with E-state index < -0.39 is 6.04 Å². The van der Waals surface area contributed by atoms with Gasteiger partial charge in [-0.15, -0.1) is 0 Å². The van der Waals surface area contributed by atoms with E-state index >= 15 is 0 Å². The van der Waals surface area contributed by atoms with Gasteiger partial charge in [-0.05, 0) is 5.92 Å². The first-order valence-electron chi connectivity index (χ1n) is 6.31. The molecular formula is C12H25N3O2. The van der Waals surface area contributed by atoms with Gasteiger partial charge in [0, 0.05) is 39.3 Å². The molecule has 1 unspecified atom stereocenters. The highest BCUT2D eigenvalue weighted by Crippen LogP contribution is 2.05. The van der Waals surface area contributed by atoms with E-state index in [-0.39, 0.29) is 5.97 Å². The van der Waals surface area contributed by atoms with Crippen molar-refractivity contribution in [3.05, 3.63) is 0 Å². The van der Waals surface area contributed by atoms with Crippen LogP contribution in [0.1, 0.15) is 13.8 Å². The summed E-state index contributed by atoms with van der Waals surface area (Å²) in [6.07, 6.45) is 0. The first-order chi connectivity index (χ1) is 8.02. The number of nitrogens with zero attached hydrogens (tertiary/aromatic N) is 2. The van der Waals surface area contributed by atoms with Gasteiger partial charge in [0.2, 0.25) is 0 Å². The van der Waals surface area contributed by atoms with Crippen LogP contribution in [-0.2, 0) is 9.53 Å². The molecule has 0 saturated carbocycles. The third-order valence-electron chi connectivity index (χ3n) is 3.05. The molecule has 1 aliphatic rings. The van der Waals surface area contributed by atoms with Crippen molar-refractivity contribution in [3.63, 3.8) is 0 Å². The van der Waals surface area contributed by atoms with E-state index in [1.807, 2.05) is 0 Å². The monoisotopic (exact) mass is 243 g/mol. The minimum Gasteiger partial charge on any atom is -0.468 e. The van der Waals surface area contributed by atoms with Crippen molar-refractivity contribution < 1.29 is 9.53 Å². The van der Waals surface area contributed by atoms with Crippen molar-refractivity contribution in [2.45, 2.75) is 19.9 Å². The molecular weight excluding hydrogens is 218 g/mol. The van der Waals surface area contributed by atoms with Crippen molar-refractivity contribution in [1.29, 1.82) is 0 Å². The number of esters is 1. The predicted octanol–water partition coefficient (Wildman–Crippen LogP) is -0.240. The molecule has 1 rings (SSSR count). The van der Waals surface area contributed by atoms with E-state index in [1.54, 1.807) is 0 Å². The van der Waals surface area contributed by atoms with Gasteiger partial charge in [-0.25, -0.2) is 0 Å². The zero-order valence-corrected chi connectivity index (χ0v) is 11.2. The Bertz CT molecular complexity index is 238. The zero-order valence-electron chi connectivity index (χ0n) is 11.2. The highest BCUT2D eigenvalue weighted by molar-refractivity contribution is 5.75. The van der Waals surface area contributed by atoms with Gasteiger partial charge in [0.1, 0.15) is 6.04 Å². The lowest BCUT2D eigenvalue weighted by Gasteiger charge is -2.36. The van der Waals surface area contributed by atoms with Gasteiger partial charge in [0.15, 0.2) is 0 Å². The molecule has 0 spiro atoms. The summed E-state index contributed by atoms with van der Waals surface area (Å²) in [7, 11) is 1.38. The highest BCUT2D eigenvalue weighted by atomic mass is 16.5. The molecule has 0 aromatic rings. The molecule has 100 valence electrons. The number of rotatable bonds is 5. The number of methoxy groups -OCH3 is 1. The van der Waals surface area contributed by atoms with Crippen LogP contribution in [0.5, 0.6) is 0 Å². The third kappa shape index (κ3) is 5.02. The Labute approximate surface area is 104 Å². The SMILES string of the molecule is COC(=O)C(N)CN1CCN(CC(C)C)CC1. The second-order valence-electron chi connectivity index (χ2n) is 5.12. The summed E-state index contributed by atoms with van der Waals surface area (Å²) in [6.45, 7) is 10.3. The lowest BCUT2D eigenvalue weighted by molar-refractivity contribution is -0.142. The van der Waals surface area contributed by atoms with Gasteiger partial charge in [0.25, 0.3) is 0 Å². The Balaban J connectivity index is 2.25. The van der Waals surface area contributed by atoms with Crippen molar-refractivity contribution in [2.24, 2.45) is 11.7 Å². The molecule has 2 N–H and O–H groups in total. The molecule has 1 atom stereocenters. The van der Waals surface area contributed by atoms with Crippen molar-refractivity contribution in [1.82, 2.24) is 9.80 Å². The fraction of sp³-hybridized carbons (Fsp3) is 0.917. The van der Waals surface area contributed by atoms with Gasteiger partial charge < -0.3 is 15.4 Å². The van der Waals surface area contributed by atoms with Crippen LogP contribution >= 0.6 is 0 Å². The first kappa shape index (κ1) is 14.4. The van der Waals surface area contributed by atoms with E-state index in [1.165, 1.54) is 7.11 Å². The maximum absolute atomic E-state index is 11.2. The maximum atomic E-state index is 11.2. The fourth-order valence-corrected chi connectivity index (χ4v) is 2.17. The molecule has 5 heteroatoms. The molecule has 1 aliphatic heterocycles. The molecule has 1 fully saturated rings. The molecule has 1 heterocycles. The minimum atomic E-state index is -0.517. The molecule has 0 aliphatic carbocycles. The number of carbonyl (C=O) groups excluding carboxylic acids is 1. The Hall–Kier alpha value is -0.650. The van der Waals surface area contributed by atoms with Crippen LogP contribution in [0.4, 0.5) is 0 Å². The van der Waals surface area contributed by atoms with E-state index in [0.29, 0.717) is 12.5 Å². The quantitative estimate of drug-likeness (QED) is 0.675. The molecule has 0 aromatic heterocycles. The van der Waals surface area contributed by atoms with Crippen LogP contribution in [0.25, 0.3) is 0 Å². The van der Waals surface area contributed by atoms with Crippen molar-refractivity contribution in [2.75, 3.05) is 46.4 Å². The molecule has 17 heavy (non-hydrogen) atoms. The fourth-order valence-electron chi connectivity index (χ4n) is 2.17. The lowest BCUT2D eigenvalue weighted by Crippen LogP contribution is -2.52. The normalized spacial score (nSPS) is 20.5. The number of nitrogens with two attached hydrogens (primary N) is 1. The molecule has 5 nitrogen and oxygen atoms in total. The minimum absolute atomic E-state index is 0.324. The average Bonchev–Trinajstić information content (AvgIpc) is 2.30.